The van der Waals surface area contributed by atoms with Gasteiger partial charge in [0.15, 0.2) is 0 Å². The van der Waals surface area contributed by atoms with Crippen molar-refractivity contribution in [3.63, 3.8) is 0 Å². The van der Waals surface area contributed by atoms with Crippen LogP contribution >= 0.6 is 0 Å². The van der Waals surface area contributed by atoms with Gasteiger partial charge in [0.25, 0.3) is 0 Å². The number of amides is 1. The molecule has 7 nitrogen and oxygen atoms in total. The molecule has 0 radical (unpaired) electrons. The van der Waals surface area contributed by atoms with Gasteiger partial charge in [-0.1, -0.05) is 12.1 Å². The third-order valence-electron chi connectivity index (χ3n) is 5.43. The first-order valence-electron chi connectivity index (χ1n) is 10.3. The summed E-state index contributed by atoms with van der Waals surface area (Å²) in [7, 11) is 3.25. The maximum Gasteiger partial charge on any atom is 0.241 e. The Bertz CT molecular complexity index is 804. The molecule has 30 heavy (non-hydrogen) atoms. The number of benzene rings is 2. The summed E-state index contributed by atoms with van der Waals surface area (Å²) < 4.78 is 16.3. The van der Waals surface area contributed by atoms with E-state index in [0.29, 0.717) is 18.0 Å². The molecule has 3 rings (SSSR count). The van der Waals surface area contributed by atoms with Crippen LogP contribution in [-0.2, 0) is 4.79 Å². The number of para-hydroxylation sites is 2. The molecule has 0 bridgehead atoms. The van der Waals surface area contributed by atoms with E-state index in [2.05, 4.69) is 15.1 Å². The molecule has 1 aliphatic heterocycles. The van der Waals surface area contributed by atoms with Gasteiger partial charge in [-0.2, -0.15) is 0 Å². The number of hydrogen-bond acceptors (Lipinski definition) is 6. The van der Waals surface area contributed by atoms with Crippen molar-refractivity contribution in [2.45, 2.75) is 13.0 Å². The lowest BCUT2D eigenvalue weighted by Crippen LogP contribution is -2.53. The molecule has 0 aliphatic carbocycles. The van der Waals surface area contributed by atoms with Crippen LogP contribution < -0.4 is 19.5 Å². The molecule has 1 heterocycles. The van der Waals surface area contributed by atoms with Crippen LogP contribution in [0.15, 0.2) is 48.5 Å². The fourth-order valence-electron chi connectivity index (χ4n) is 3.49. The summed E-state index contributed by atoms with van der Waals surface area (Å²) in [6.07, 6.45) is 0. The van der Waals surface area contributed by atoms with Crippen LogP contribution in [-0.4, -0.2) is 75.3 Å². The molecule has 1 amide bonds. The number of nitrogens with zero attached hydrogens (tertiary/aromatic N) is 2. The third kappa shape index (κ3) is 5.87. The minimum atomic E-state index is -0.201. The second-order valence-corrected chi connectivity index (χ2v) is 7.27. The van der Waals surface area contributed by atoms with Crippen LogP contribution in [0.4, 0.5) is 5.69 Å². The molecule has 0 aromatic heterocycles. The van der Waals surface area contributed by atoms with Gasteiger partial charge in [0, 0.05) is 32.7 Å². The normalized spacial score (nSPS) is 16.0. The van der Waals surface area contributed by atoms with Crippen LogP contribution in [0.2, 0.25) is 0 Å². The van der Waals surface area contributed by atoms with Crippen LogP contribution in [0.25, 0.3) is 0 Å². The molecule has 1 atom stereocenters. The summed E-state index contributed by atoms with van der Waals surface area (Å²) in [6, 6.07) is 14.9. The molecule has 1 aliphatic rings. The number of rotatable bonds is 9. The highest BCUT2D eigenvalue weighted by molar-refractivity contribution is 5.95. The summed E-state index contributed by atoms with van der Waals surface area (Å²) >= 11 is 0. The minimum Gasteiger partial charge on any atom is -0.497 e. The van der Waals surface area contributed by atoms with Crippen molar-refractivity contribution in [3.05, 3.63) is 48.5 Å². The van der Waals surface area contributed by atoms with Crippen LogP contribution in [0.3, 0.4) is 0 Å². The number of carbonyl (C=O) groups is 1. The Hall–Kier alpha value is -2.77. The zero-order chi connectivity index (χ0) is 21.3. The number of carbonyl (C=O) groups excluding carboxylic acids is 1. The second-order valence-electron chi connectivity index (χ2n) is 7.27. The van der Waals surface area contributed by atoms with Gasteiger partial charge in [-0.15, -0.1) is 0 Å². The van der Waals surface area contributed by atoms with E-state index in [1.165, 1.54) is 0 Å². The number of ether oxygens (including phenoxy) is 3. The van der Waals surface area contributed by atoms with E-state index in [1.807, 2.05) is 55.5 Å². The van der Waals surface area contributed by atoms with E-state index < -0.39 is 0 Å². The van der Waals surface area contributed by atoms with Crippen molar-refractivity contribution in [2.24, 2.45) is 0 Å². The highest BCUT2D eigenvalue weighted by Crippen LogP contribution is 2.23. The molecule has 2 aromatic rings. The average Bonchev–Trinajstić information content (AvgIpc) is 2.80. The Kier molecular flexibility index (Phi) is 7.93. The molecule has 1 N–H and O–H groups in total. The first-order chi connectivity index (χ1) is 14.6. The Morgan fingerprint density at radius 3 is 2.30 bits per heavy atom. The van der Waals surface area contributed by atoms with Gasteiger partial charge in [0.05, 0.1) is 25.9 Å². The van der Waals surface area contributed by atoms with Gasteiger partial charge in [-0.3, -0.25) is 14.6 Å². The summed E-state index contributed by atoms with van der Waals surface area (Å²) in [6.45, 7) is 6.98. The number of methoxy groups -OCH3 is 2. The van der Waals surface area contributed by atoms with Gasteiger partial charge in [0.1, 0.15) is 23.9 Å². The monoisotopic (exact) mass is 413 g/mol. The average molecular weight is 414 g/mol. The van der Waals surface area contributed by atoms with Crippen LogP contribution in [0.1, 0.15) is 6.92 Å². The van der Waals surface area contributed by atoms with E-state index in [4.69, 9.17) is 14.2 Å². The largest absolute Gasteiger partial charge is 0.497 e. The predicted octanol–water partition coefficient (Wildman–Crippen LogP) is 2.73. The number of anilines is 1. The summed E-state index contributed by atoms with van der Waals surface area (Å²) in [5.74, 6) is 2.31. The second kappa shape index (κ2) is 10.8. The molecule has 1 saturated heterocycles. The van der Waals surface area contributed by atoms with E-state index in [9.17, 15) is 4.79 Å². The van der Waals surface area contributed by atoms with Crippen molar-refractivity contribution in [1.29, 1.82) is 0 Å². The molecule has 7 heteroatoms. The quantitative estimate of drug-likeness (QED) is 0.682. The van der Waals surface area contributed by atoms with Gasteiger partial charge in [-0.05, 0) is 43.3 Å². The Labute approximate surface area is 178 Å². The lowest BCUT2D eigenvalue weighted by molar-refractivity contribution is -0.121. The molecule has 1 fully saturated rings. The summed E-state index contributed by atoms with van der Waals surface area (Å²) in [4.78, 5) is 17.3. The third-order valence-corrected chi connectivity index (χ3v) is 5.43. The van der Waals surface area contributed by atoms with Crippen LogP contribution in [0, 0.1) is 0 Å². The molecule has 0 spiro atoms. The highest BCUT2D eigenvalue weighted by Gasteiger charge is 2.26. The van der Waals surface area contributed by atoms with E-state index in [0.717, 1.165) is 44.2 Å². The maximum absolute atomic E-state index is 12.7. The Morgan fingerprint density at radius 1 is 0.967 bits per heavy atom. The number of nitrogens with one attached hydrogen (secondary N) is 1. The standard InChI is InChI=1S/C23H31N3O4/c1-18(23(27)24-21-6-4-5-7-22(21)29-3)26-14-12-25(13-15-26)16-17-30-20-10-8-19(28-2)9-11-20/h4-11,18H,12-17H2,1-3H3,(H,24,27)/t18-/m1/s1. The lowest BCUT2D eigenvalue weighted by Gasteiger charge is -2.37. The smallest absolute Gasteiger partial charge is 0.241 e. The topological polar surface area (TPSA) is 63.3 Å². The molecular weight excluding hydrogens is 382 g/mol. The van der Waals surface area contributed by atoms with Gasteiger partial charge >= 0.3 is 0 Å². The Balaban J connectivity index is 1.40. The van der Waals surface area contributed by atoms with E-state index in [-0.39, 0.29) is 11.9 Å². The van der Waals surface area contributed by atoms with E-state index in [1.54, 1.807) is 14.2 Å². The van der Waals surface area contributed by atoms with E-state index >= 15 is 0 Å². The highest BCUT2D eigenvalue weighted by atomic mass is 16.5. The van der Waals surface area contributed by atoms with Crippen molar-refractivity contribution in [1.82, 2.24) is 9.80 Å². The SMILES string of the molecule is COc1ccc(OCCN2CCN([C@H](C)C(=O)Nc3ccccc3OC)CC2)cc1. The lowest BCUT2D eigenvalue weighted by atomic mass is 10.2. The fourth-order valence-corrected chi connectivity index (χ4v) is 3.49. The van der Waals surface area contributed by atoms with Crippen LogP contribution in [0.5, 0.6) is 17.2 Å². The minimum absolute atomic E-state index is 0.0178. The number of piperazine rings is 1. The maximum atomic E-state index is 12.7. The molecule has 2 aromatic carbocycles. The first kappa shape index (κ1) is 21.9. The predicted molar refractivity (Wildman–Crippen MR) is 118 cm³/mol. The van der Waals surface area contributed by atoms with Crippen molar-refractivity contribution < 1.29 is 19.0 Å². The summed E-state index contributed by atoms with van der Waals surface area (Å²) in [5, 5.41) is 2.98. The van der Waals surface area contributed by atoms with Crippen molar-refractivity contribution in [3.8, 4) is 17.2 Å². The fraction of sp³-hybridized carbons (Fsp3) is 0.435. The van der Waals surface area contributed by atoms with Crippen molar-refractivity contribution in [2.75, 3.05) is 58.9 Å². The van der Waals surface area contributed by atoms with Crippen molar-refractivity contribution >= 4 is 11.6 Å². The zero-order valence-electron chi connectivity index (χ0n) is 18.0. The molecular formula is C23H31N3O4. The molecule has 0 unspecified atom stereocenters. The van der Waals surface area contributed by atoms with Gasteiger partial charge < -0.3 is 19.5 Å². The molecule has 0 saturated carbocycles. The summed E-state index contributed by atoms with van der Waals surface area (Å²) in [5.41, 5.74) is 0.700. The first-order valence-corrected chi connectivity index (χ1v) is 10.3. The molecule has 162 valence electrons. The zero-order valence-corrected chi connectivity index (χ0v) is 18.0. The van der Waals surface area contributed by atoms with Gasteiger partial charge in [-0.25, -0.2) is 0 Å². The Morgan fingerprint density at radius 2 is 1.63 bits per heavy atom. The number of hydrogen-bond donors (Lipinski definition) is 1. The van der Waals surface area contributed by atoms with Gasteiger partial charge in [0.2, 0.25) is 5.91 Å².